The maximum Gasteiger partial charge on any atom is 0.312 e. The van der Waals surface area contributed by atoms with E-state index in [9.17, 15) is 9.59 Å². The molecule has 0 saturated carbocycles. The quantitative estimate of drug-likeness (QED) is 0.380. The van der Waals surface area contributed by atoms with Crippen LogP contribution in [0.15, 0.2) is 74.5 Å². The second-order valence-electron chi connectivity index (χ2n) is 6.78. The number of fused-ring (bicyclic) bond motifs is 3. The number of carbonyl (C=O) groups excluding carboxylic acids is 1. The Morgan fingerprint density at radius 3 is 2.59 bits per heavy atom. The van der Waals surface area contributed by atoms with E-state index in [1.807, 2.05) is 30.3 Å². The molecule has 6 heteroatoms. The van der Waals surface area contributed by atoms with Crippen LogP contribution in [-0.2, 0) is 4.79 Å². The molecule has 144 valence electrons. The van der Waals surface area contributed by atoms with E-state index in [4.69, 9.17) is 18.3 Å². The van der Waals surface area contributed by atoms with Gasteiger partial charge in [0.2, 0.25) is 0 Å². The van der Waals surface area contributed by atoms with Crippen molar-refractivity contribution >= 4 is 16.9 Å². The van der Waals surface area contributed by atoms with E-state index in [2.05, 4.69) is 0 Å². The molecule has 4 aromatic rings. The molecule has 1 atom stereocenters. The molecule has 5 rings (SSSR count). The lowest BCUT2D eigenvalue weighted by atomic mass is 9.88. The maximum absolute atomic E-state index is 13.0. The van der Waals surface area contributed by atoms with E-state index in [0.717, 1.165) is 5.56 Å². The number of hydrogen-bond acceptors (Lipinski definition) is 6. The molecule has 0 spiro atoms. The maximum atomic E-state index is 13.0. The summed E-state index contributed by atoms with van der Waals surface area (Å²) in [6.45, 7) is 0. The summed E-state index contributed by atoms with van der Waals surface area (Å²) in [7, 11) is 1.46. The zero-order chi connectivity index (χ0) is 20.0. The van der Waals surface area contributed by atoms with Crippen LogP contribution in [0.3, 0.4) is 0 Å². The van der Waals surface area contributed by atoms with E-state index < -0.39 is 5.92 Å². The van der Waals surface area contributed by atoms with E-state index in [1.165, 1.54) is 13.2 Å². The highest BCUT2D eigenvalue weighted by Crippen LogP contribution is 2.46. The van der Waals surface area contributed by atoms with Crippen molar-refractivity contribution in [2.75, 3.05) is 7.11 Å². The van der Waals surface area contributed by atoms with Gasteiger partial charge in [-0.1, -0.05) is 30.3 Å². The van der Waals surface area contributed by atoms with E-state index in [1.54, 1.807) is 24.5 Å². The molecule has 0 amide bonds. The van der Waals surface area contributed by atoms with E-state index in [-0.39, 0.29) is 17.8 Å². The number of esters is 1. The molecule has 0 aliphatic carbocycles. The first kappa shape index (κ1) is 17.3. The summed E-state index contributed by atoms with van der Waals surface area (Å²) < 4.78 is 22.7. The summed E-state index contributed by atoms with van der Waals surface area (Å²) in [4.78, 5) is 25.3. The largest absolute Gasteiger partial charge is 0.496 e. The van der Waals surface area contributed by atoms with E-state index in [0.29, 0.717) is 39.6 Å². The van der Waals surface area contributed by atoms with Crippen LogP contribution in [0.1, 0.15) is 23.7 Å². The number of carbonyl (C=O) groups is 1. The normalized spacial score (nSPS) is 15.8. The molecule has 29 heavy (non-hydrogen) atoms. The van der Waals surface area contributed by atoms with Crippen molar-refractivity contribution in [2.24, 2.45) is 0 Å². The minimum absolute atomic E-state index is 0.0845. The number of hydrogen-bond donors (Lipinski definition) is 0. The van der Waals surface area contributed by atoms with Crippen molar-refractivity contribution in [3.8, 4) is 22.8 Å². The first-order valence-corrected chi connectivity index (χ1v) is 9.14. The van der Waals surface area contributed by atoms with Gasteiger partial charge in [0.15, 0.2) is 5.43 Å². The van der Waals surface area contributed by atoms with Gasteiger partial charge in [0.25, 0.3) is 0 Å². The van der Waals surface area contributed by atoms with Gasteiger partial charge in [0, 0.05) is 23.3 Å². The molecule has 0 radical (unpaired) electrons. The van der Waals surface area contributed by atoms with Gasteiger partial charge < -0.3 is 18.3 Å². The van der Waals surface area contributed by atoms with Crippen molar-refractivity contribution in [1.29, 1.82) is 0 Å². The van der Waals surface area contributed by atoms with Crippen molar-refractivity contribution in [3.63, 3.8) is 0 Å². The first-order valence-electron chi connectivity index (χ1n) is 9.14. The lowest BCUT2D eigenvalue weighted by Crippen LogP contribution is -2.22. The molecule has 1 aliphatic heterocycles. The Morgan fingerprint density at radius 1 is 1.03 bits per heavy atom. The molecule has 0 unspecified atom stereocenters. The van der Waals surface area contributed by atoms with Crippen molar-refractivity contribution in [1.82, 2.24) is 0 Å². The Labute approximate surface area is 165 Å². The molecule has 3 heterocycles. The van der Waals surface area contributed by atoms with Crippen LogP contribution in [0.5, 0.6) is 11.5 Å². The Hall–Kier alpha value is -3.80. The standard InChI is InChI=1S/C23H16O6/c1-26-18-12-19-21(14(10-20(25)28-19)16-8-5-9-27-16)23-22(18)15(24)11-17(29-23)13-6-3-2-4-7-13/h2-9,11-12,14H,10H2,1H3/t14-/m1/s1. The van der Waals surface area contributed by atoms with Gasteiger partial charge in [-0.25, -0.2) is 0 Å². The highest BCUT2D eigenvalue weighted by Gasteiger charge is 2.35. The van der Waals surface area contributed by atoms with Crippen molar-refractivity contribution in [2.45, 2.75) is 12.3 Å². The summed E-state index contributed by atoms with van der Waals surface area (Å²) in [6, 6.07) is 15.9. The fraction of sp³-hybridized carbons (Fsp3) is 0.130. The molecule has 0 bridgehead atoms. The third-order valence-corrected chi connectivity index (χ3v) is 5.07. The second kappa shape index (κ2) is 6.67. The van der Waals surface area contributed by atoms with Crippen molar-refractivity contribution < 1.29 is 23.1 Å². The van der Waals surface area contributed by atoms with Gasteiger partial charge >= 0.3 is 5.97 Å². The van der Waals surface area contributed by atoms with Gasteiger partial charge in [0.05, 0.1) is 25.7 Å². The second-order valence-corrected chi connectivity index (χ2v) is 6.78. The van der Waals surface area contributed by atoms with Gasteiger partial charge in [-0.3, -0.25) is 9.59 Å². The van der Waals surface area contributed by atoms with Crippen LogP contribution < -0.4 is 14.9 Å². The fourth-order valence-electron chi connectivity index (χ4n) is 3.78. The molecule has 0 fully saturated rings. The molecule has 0 N–H and O–H groups in total. The molecule has 0 saturated heterocycles. The monoisotopic (exact) mass is 388 g/mol. The zero-order valence-corrected chi connectivity index (χ0v) is 15.5. The number of benzene rings is 2. The minimum atomic E-state index is -0.427. The summed E-state index contributed by atoms with van der Waals surface area (Å²) in [5.74, 6) is 0.807. The highest BCUT2D eigenvalue weighted by molar-refractivity contribution is 5.93. The highest BCUT2D eigenvalue weighted by atomic mass is 16.5. The lowest BCUT2D eigenvalue weighted by molar-refractivity contribution is -0.135. The molecule has 1 aliphatic rings. The summed E-state index contributed by atoms with van der Waals surface area (Å²) in [5.41, 5.74) is 1.47. The van der Waals surface area contributed by atoms with Gasteiger partial charge in [-0.2, -0.15) is 0 Å². The molecule has 6 nitrogen and oxygen atoms in total. The Kier molecular flexibility index (Phi) is 3.98. The SMILES string of the molecule is COc1cc2c(c3oc(-c4ccccc4)cc(=O)c13)[C@@H](c1ccco1)CC(=O)O2. The average Bonchev–Trinajstić information content (AvgIpc) is 3.27. The number of rotatable bonds is 3. The van der Waals surface area contributed by atoms with E-state index >= 15 is 0 Å². The summed E-state index contributed by atoms with van der Waals surface area (Å²) >= 11 is 0. The predicted molar refractivity (Wildman–Crippen MR) is 105 cm³/mol. The van der Waals surface area contributed by atoms with Gasteiger partial charge in [0.1, 0.15) is 34.0 Å². The number of ether oxygens (including phenoxy) is 2. The van der Waals surface area contributed by atoms with Crippen LogP contribution in [-0.4, -0.2) is 13.1 Å². The Bertz CT molecular complexity index is 1270. The third kappa shape index (κ3) is 2.81. The zero-order valence-electron chi connectivity index (χ0n) is 15.5. The van der Waals surface area contributed by atoms with Crippen LogP contribution in [0.2, 0.25) is 0 Å². The smallest absolute Gasteiger partial charge is 0.312 e. The molecular formula is C23H16O6. The predicted octanol–water partition coefficient (Wildman–Crippen LogP) is 4.50. The van der Waals surface area contributed by atoms with Crippen LogP contribution >= 0.6 is 0 Å². The minimum Gasteiger partial charge on any atom is -0.496 e. The topological polar surface area (TPSA) is 78.9 Å². The van der Waals surface area contributed by atoms with Crippen LogP contribution in [0.4, 0.5) is 0 Å². The number of furan rings is 1. The average molecular weight is 388 g/mol. The molecular weight excluding hydrogens is 372 g/mol. The number of methoxy groups -OCH3 is 1. The molecule has 2 aromatic heterocycles. The Balaban J connectivity index is 1.87. The lowest BCUT2D eigenvalue weighted by Gasteiger charge is -2.24. The fourth-order valence-corrected chi connectivity index (χ4v) is 3.78. The first-order chi connectivity index (χ1) is 14.2. The summed E-state index contributed by atoms with van der Waals surface area (Å²) in [5, 5.41) is 0.306. The third-order valence-electron chi connectivity index (χ3n) is 5.07. The van der Waals surface area contributed by atoms with Crippen LogP contribution in [0.25, 0.3) is 22.3 Å². The molecule has 2 aromatic carbocycles. The Morgan fingerprint density at radius 2 is 1.86 bits per heavy atom. The van der Waals surface area contributed by atoms with Gasteiger partial charge in [-0.05, 0) is 12.1 Å². The van der Waals surface area contributed by atoms with Crippen molar-refractivity contribution in [3.05, 3.63) is 82.4 Å². The summed E-state index contributed by atoms with van der Waals surface area (Å²) in [6.07, 6.45) is 1.63. The van der Waals surface area contributed by atoms with Crippen LogP contribution in [0, 0.1) is 0 Å². The van der Waals surface area contributed by atoms with Gasteiger partial charge in [-0.15, -0.1) is 0 Å².